The number of rotatable bonds is 26. The predicted molar refractivity (Wildman–Crippen MR) is 423 cm³/mol. The number of halogens is 8. The molecule has 0 saturated carbocycles. The molecule has 0 spiro atoms. The van der Waals surface area contributed by atoms with Crippen LogP contribution < -0.4 is 23.7 Å². The number of hydrogen-bond acceptors (Lipinski definition) is 27. The molecular weight excluding hydrogens is 1620 g/mol. The first kappa shape index (κ1) is 86.8. The summed E-state index contributed by atoms with van der Waals surface area (Å²) in [6, 6.07) is 32.8. The molecule has 0 aliphatic carbocycles. The highest BCUT2D eigenvalue weighted by molar-refractivity contribution is 7.10. The molecule has 0 radical (unpaired) electrons. The highest BCUT2D eigenvalue weighted by atomic mass is 35.5. The van der Waals surface area contributed by atoms with E-state index in [2.05, 4.69) is 74.8 Å². The number of hydrogen-bond donors (Lipinski definition) is 0. The molecule has 15 rings (SSSR count). The van der Waals surface area contributed by atoms with Crippen LogP contribution in [0.3, 0.4) is 0 Å². The van der Waals surface area contributed by atoms with Crippen molar-refractivity contribution < 1.29 is 82.8 Å². The van der Waals surface area contributed by atoms with Crippen molar-refractivity contribution in [3.05, 3.63) is 364 Å². The van der Waals surface area contributed by atoms with Crippen molar-refractivity contribution in [1.82, 2.24) is 74.8 Å². The van der Waals surface area contributed by atoms with E-state index in [1.807, 2.05) is 19.1 Å². The van der Waals surface area contributed by atoms with Crippen LogP contribution in [0, 0.1) is 49.2 Å². The van der Waals surface area contributed by atoms with Gasteiger partial charge in [0.15, 0.2) is 62.8 Å². The number of carbonyl (C=O) groups excluding carboxylic acids is 5. The number of pyridine rings is 3. The van der Waals surface area contributed by atoms with Gasteiger partial charge < -0.3 is 28.1 Å². The summed E-state index contributed by atoms with van der Waals surface area (Å²) in [6.45, 7) is 5.93. The number of carbonyl (C=O) groups is 5. The van der Waals surface area contributed by atoms with Crippen LogP contribution in [-0.4, -0.2) is 104 Å². The van der Waals surface area contributed by atoms with Gasteiger partial charge in [0.1, 0.15) is 94.9 Å². The molecule has 15 aromatic rings. The van der Waals surface area contributed by atoms with E-state index in [4.69, 9.17) is 39.7 Å². The van der Waals surface area contributed by atoms with Gasteiger partial charge in [0.25, 0.3) is 5.92 Å². The van der Waals surface area contributed by atoms with E-state index in [-0.39, 0.29) is 129 Å². The molecule has 0 bridgehead atoms. The largest absolute Gasteiger partial charge is 0.454 e. The molecule has 0 unspecified atom stereocenters. The number of ether oxygens (including phenoxy) is 5. The zero-order chi connectivity index (χ0) is 85.8. The molecule has 10 aromatic heterocycles. The number of Topliss-reactive ketones (excluding diaryl/α,β-unsaturated/α-hetero) is 5. The average molecular weight is 1680 g/mol. The van der Waals surface area contributed by atoms with Crippen molar-refractivity contribution in [3.8, 4) is 57.5 Å². The summed E-state index contributed by atoms with van der Waals surface area (Å²) in [5.41, 5.74) is 4.02. The summed E-state index contributed by atoms with van der Waals surface area (Å²) in [5.74, 6) is -3.73. The monoisotopic (exact) mass is 1680 g/mol. The van der Waals surface area contributed by atoms with Crippen LogP contribution in [-0.2, 0) is 38.0 Å². The Morgan fingerprint density at radius 3 is 1.12 bits per heavy atom. The van der Waals surface area contributed by atoms with Crippen molar-refractivity contribution in [3.63, 3.8) is 0 Å². The second kappa shape index (κ2) is 42.2. The fourth-order valence-corrected chi connectivity index (χ4v) is 11.6. The molecule has 10 heterocycles. The average Bonchev–Trinajstić information content (AvgIpc) is 1.82. The standard InChI is InChI=1S/C19H14F3N3O2.C18H14FN3O2.C17H12FN3O2.C16H11ClFN3O2S.C16H12FN3O3/c1-19(21,22)13-2-3-25-15(6-13)8-18(26)12-4-14(20)7-16(5-12)27-17-9-23-11-24-10-17;1-12-3-2-4-15(22-12)8-18(23)13-5-14(19)7-16(6-13)24-17-9-20-11-21-10-17;18-13-5-12(17(22)8-14-3-1-2-4-21-14)6-15(7-13)23-16-9-19-11-20-10-16;1-9-16(18)24-15(21-9)5-14(22)10-2-11(17)4-12(3-10)23-13-6-19-8-20-7-13;1-10-8-22-16(20-10)5-15(21)11-2-12(17)4-13(3-11)23-14-6-18-9-19-7-14/h2-7,9-11H,8H2,1H3;2-7,9-11H,8H2,1H3;1-7,9-11H,8H2;2-4,6-8H,5H2,1H3;2-4,6-9H,5H2,1H3. The normalized spacial score (nSPS) is 10.6. The van der Waals surface area contributed by atoms with E-state index in [0.29, 0.717) is 67.1 Å². The lowest BCUT2D eigenvalue weighted by Gasteiger charge is -2.11. The van der Waals surface area contributed by atoms with E-state index in [1.54, 1.807) is 56.4 Å². The number of benzene rings is 5. The van der Waals surface area contributed by atoms with Crippen molar-refractivity contribution in [2.75, 3.05) is 0 Å². The van der Waals surface area contributed by atoms with Gasteiger partial charge in [0, 0.05) is 105 Å². The van der Waals surface area contributed by atoms with Crippen molar-refractivity contribution in [2.45, 2.75) is 65.7 Å². The molecule has 35 heteroatoms. The third-order valence-electron chi connectivity index (χ3n) is 15.9. The molecule has 610 valence electrons. The van der Waals surface area contributed by atoms with Gasteiger partial charge in [-0.25, -0.2) is 86.2 Å². The Bertz CT molecular complexity index is 6050. The summed E-state index contributed by atoms with van der Waals surface area (Å²) >= 11 is 6.93. The smallest absolute Gasteiger partial charge is 0.270 e. The van der Waals surface area contributed by atoms with Crippen molar-refractivity contribution in [1.29, 1.82) is 0 Å². The molecule has 5 aromatic carbocycles. The molecule has 0 atom stereocenters. The molecule has 0 aliphatic rings. The van der Waals surface area contributed by atoms with Crippen LogP contribution in [0.15, 0.2) is 256 Å². The minimum atomic E-state index is -3.04. The fraction of sp³-hybridized carbons (Fsp3) is 0.116. The van der Waals surface area contributed by atoms with Gasteiger partial charge >= 0.3 is 0 Å². The summed E-state index contributed by atoms with van der Waals surface area (Å²) < 4.78 is 128. The van der Waals surface area contributed by atoms with E-state index < -0.39 is 35.0 Å². The fourth-order valence-electron chi connectivity index (χ4n) is 10.6. The van der Waals surface area contributed by atoms with Crippen LogP contribution >= 0.6 is 22.9 Å². The number of thiazole rings is 1. The number of aromatic nitrogens is 15. The molecule has 121 heavy (non-hydrogen) atoms. The Kier molecular flexibility index (Phi) is 30.3. The molecular formula is C86H63ClF7N15O11S. The Morgan fingerprint density at radius 2 is 0.752 bits per heavy atom. The second-order valence-electron chi connectivity index (χ2n) is 25.6. The molecule has 0 N–H and O–H groups in total. The minimum absolute atomic E-state index is 0.00363. The van der Waals surface area contributed by atoms with E-state index in [9.17, 15) is 54.7 Å². The quantitative estimate of drug-likeness (QED) is 0.0359. The maximum Gasteiger partial charge on any atom is 0.270 e. The maximum absolute atomic E-state index is 13.9. The molecule has 26 nitrogen and oxygen atoms in total. The summed E-state index contributed by atoms with van der Waals surface area (Å²) in [5, 5.41) is 0.403. The SMILES string of the molecule is CC(F)(F)c1ccnc(CC(=O)c2cc(F)cc(Oc3cncnc3)c2)c1.Cc1cccc(CC(=O)c2cc(F)cc(Oc3cncnc3)c2)n1.Cc1coc(CC(=O)c2cc(F)cc(Oc3cncnc3)c2)n1.Cc1nc(CC(=O)c2cc(Cl)cc(Oc3cncnc3)c2)sc1F.O=C(Cc1ccccn1)c1cc(F)cc(Oc2cncnc2)c1. The first-order chi connectivity index (χ1) is 58.2. The highest BCUT2D eigenvalue weighted by Gasteiger charge is 2.26. The third kappa shape index (κ3) is 27.8. The van der Waals surface area contributed by atoms with Crippen LogP contribution in [0.4, 0.5) is 30.7 Å². The first-order valence-electron chi connectivity index (χ1n) is 35.7. The topological polar surface area (TPSA) is 338 Å². The predicted octanol–water partition coefficient (Wildman–Crippen LogP) is 18.5. The Balaban J connectivity index is 0.000000148. The number of oxazole rings is 1. The lowest BCUT2D eigenvalue weighted by Crippen LogP contribution is -2.10. The van der Waals surface area contributed by atoms with Crippen LogP contribution in [0.1, 0.15) is 109 Å². The zero-order valence-electron chi connectivity index (χ0n) is 63.8. The second-order valence-corrected chi connectivity index (χ2v) is 27.1. The zero-order valence-corrected chi connectivity index (χ0v) is 65.4. The summed E-state index contributed by atoms with van der Waals surface area (Å²) in [4.78, 5) is 120. The number of nitrogens with zero attached hydrogens (tertiary/aromatic N) is 15. The van der Waals surface area contributed by atoms with Gasteiger partial charge in [-0.1, -0.05) is 35.1 Å². The Hall–Kier alpha value is -15.1. The maximum atomic E-state index is 13.9. The van der Waals surface area contributed by atoms with Gasteiger partial charge in [-0.2, -0.15) is 4.39 Å². The lowest BCUT2D eigenvalue weighted by atomic mass is 10.0. The van der Waals surface area contributed by atoms with Gasteiger partial charge in [0.2, 0.25) is 5.89 Å². The molecule has 0 fully saturated rings. The van der Waals surface area contributed by atoms with E-state index in [1.165, 1.54) is 173 Å². The first-order valence-corrected chi connectivity index (χ1v) is 36.9. The summed E-state index contributed by atoms with van der Waals surface area (Å²) in [7, 11) is 0. The Morgan fingerprint density at radius 1 is 0.380 bits per heavy atom. The van der Waals surface area contributed by atoms with E-state index >= 15 is 0 Å². The van der Waals surface area contributed by atoms with Crippen LogP contribution in [0.2, 0.25) is 5.02 Å². The highest BCUT2D eigenvalue weighted by Crippen LogP contribution is 2.32. The molecule has 0 amide bonds. The van der Waals surface area contributed by atoms with Gasteiger partial charge in [-0.05, 0) is 124 Å². The number of alkyl halides is 2. The van der Waals surface area contributed by atoms with Gasteiger partial charge in [-0.3, -0.25) is 38.9 Å². The number of aryl methyl sites for hydroxylation is 3. The van der Waals surface area contributed by atoms with E-state index in [0.717, 1.165) is 48.2 Å². The molecule has 0 saturated heterocycles. The van der Waals surface area contributed by atoms with Crippen LogP contribution in [0.5, 0.6) is 57.5 Å². The molecule has 0 aliphatic heterocycles. The van der Waals surface area contributed by atoms with Gasteiger partial charge in [0.05, 0.1) is 105 Å². The van der Waals surface area contributed by atoms with Gasteiger partial charge in [-0.15, -0.1) is 0 Å². The van der Waals surface area contributed by atoms with Crippen molar-refractivity contribution in [2.24, 2.45) is 0 Å². The minimum Gasteiger partial charge on any atom is -0.454 e. The Labute approximate surface area is 692 Å². The summed E-state index contributed by atoms with van der Waals surface area (Å²) in [6.07, 6.45) is 25.4. The lowest BCUT2D eigenvalue weighted by molar-refractivity contribution is 0.0172. The number of ketones is 5. The van der Waals surface area contributed by atoms with Crippen LogP contribution in [0.25, 0.3) is 0 Å². The third-order valence-corrected chi connectivity index (χ3v) is 17.1. The van der Waals surface area contributed by atoms with Crippen molar-refractivity contribution >= 4 is 51.9 Å².